The zero-order chi connectivity index (χ0) is 11.3. The second kappa shape index (κ2) is 4.87. The molecule has 0 aromatic heterocycles. The zero-order valence-corrected chi connectivity index (χ0v) is 8.21. The molecule has 0 N–H and O–H groups in total. The van der Waals surface area contributed by atoms with Crippen molar-refractivity contribution in [1.82, 2.24) is 0 Å². The largest absolute Gasteiger partial charge is 0.490 e. The van der Waals surface area contributed by atoms with Crippen molar-refractivity contribution in [2.45, 2.75) is 13.1 Å². The molecule has 1 aromatic carbocycles. The highest BCUT2D eigenvalue weighted by molar-refractivity contribution is 5.28. The molecule has 0 saturated carbocycles. The molecule has 0 unspecified atom stereocenters. The van der Waals surface area contributed by atoms with Gasteiger partial charge in [0, 0.05) is 0 Å². The average Bonchev–Trinajstić information content (AvgIpc) is 2.18. The van der Waals surface area contributed by atoms with Crippen LogP contribution < -0.4 is 4.74 Å². The van der Waals surface area contributed by atoms with Crippen LogP contribution in [0, 0.1) is 0 Å². The minimum absolute atomic E-state index is 0.363. The lowest BCUT2D eigenvalue weighted by molar-refractivity contribution is -0.137. The van der Waals surface area contributed by atoms with Crippen LogP contribution in [0.15, 0.2) is 36.4 Å². The fraction of sp³-hybridized carbons (Fsp3) is 0.273. The van der Waals surface area contributed by atoms with Gasteiger partial charge in [-0.3, -0.25) is 0 Å². The van der Waals surface area contributed by atoms with E-state index in [0.717, 1.165) is 12.1 Å². The first kappa shape index (κ1) is 11.6. The van der Waals surface area contributed by atoms with Gasteiger partial charge in [0.25, 0.3) is 0 Å². The standard InChI is InChI=1S/C11H11F3O/c1-2-3-8-15-10-6-4-9(5-7-10)11(12,13)14/h2-7H,8H2,1H3/b3-2-. The van der Waals surface area contributed by atoms with E-state index in [4.69, 9.17) is 4.74 Å². The van der Waals surface area contributed by atoms with Crippen LogP contribution in [0.25, 0.3) is 0 Å². The Hall–Kier alpha value is -1.45. The van der Waals surface area contributed by atoms with Crippen molar-refractivity contribution in [3.63, 3.8) is 0 Å². The second-order valence-electron chi connectivity index (χ2n) is 2.90. The summed E-state index contributed by atoms with van der Waals surface area (Å²) in [4.78, 5) is 0. The van der Waals surface area contributed by atoms with Gasteiger partial charge in [0.15, 0.2) is 0 Å². The Kier molecular flexibility index (Phi) is 3.77. The molecule has 82 valence electrons. The average molecular weight is 216 g/mol. The molecule has 0 atom stereocenters. The molecule has 0 radical (unpaired) electrons. The smallest absolute Gasteiger partial charge is 0.416 e. The van der Waals surface area contributed by atoms with E-state index in [1.807, 2.05) is 13.0 Å². The first-order chi connectivity index (χ1) is 7.04. The Bertz CT molecular complexity index is 325. The Balaban J connectivity index is 2.64. The van der Waals surface area contributed by atoms with Crippen LogP contribution in [0.1, 0.15) is 12.5 Å². The molecule has 0 heterocycles. The summed E-state index contributed by atoms with van der Waals surface area (Å²) in [6.07, 6.45) is -0.705. The highest BCUT2D eigenvalue weighted by Gasteiger charge is 2.29. The molecule has 1 rings (SSSR count). The molecule has 0 fully saturated rings. The minimum Gasteiger partial charge on any atom is -0.490 e. The van der Waals surface area contributed by atoms with Gasteiger partial charge in [-0.2, -0.15) is 13.2 Å². The predicted octanol–water partition coefficient (Wildman–Crippen LogP) is 3.66. The number of ether oxygens (including phenoxy) is 1. The van der Waals surface area contributed by atoms with Crippen LogP contribution in [0.3, 0.4) is 0 Å². The van der Waals surface area contributed by atoms with Crippen LogP contribution in [0.4, 0.5) is 13.2 Å². The first-order valence-corrected chi connectivity index (χ1v) is 4.45. The minimum atomic E-state index is -4.29. The van der Waals surface area contributed by atoms with E-state index in [1.54, 1.807) is 6.08 Å². The van der Waals surface area contributed by atoms with Gasteiger partial charge < -0.3 is 4.74 Å². The van der Waals surface area contributed by atoms with E-state index in [2.05, 4.69) is 0 Å². The number of hydrogen-bond acceptors (Lipinski definition) is 1. The summed E-state index contributed by atoms with van der Waals surface area (Å²) in [5.41, 5.74) is -0.666. The number of halogens is 3. The molecule has 0 aliphatic carbocycles. The number of hydrogen-bond donors (Lipinski definition) is 0. The summed E-state index contributed by atoms with van der Waals surface area (Å²) in [5, 5.41) is 0. The molecule has 0 bridgehead atoms. The molecular formula is C11H11F3O. The summed E-state index contributed by atoms with van der Waals surface area (Å²) in [6, 6.07) is 4.63. The van der Waals surface area contributed by atoms with Crippen LogP contribution in [-0.4, -0.2) is 6.61 Å². The molecule has 0 amide bonds. The maximum Gasteiger partial charge on any atom is 0.416 e. The van der Waals surface area contributed by atoms with Crippen LogP contribution in [-0.2, 0) is 6.18 Å². The summed E-state index contributed by atoms with van der Waals surface area (Å²) in [7, 11) is 0. The molecule has 0 spiro atoms. The molecule has 1 nitrogen and oxygen atoms in total. The number of allylic oxidation sites excluding steroid dienone is 1. The molecule has 15 heavy (non-hydrogen) atoms. The van der Waals surface area contributed by atoms with Gasteiger partial charge in [0.05, 0.1) is 5.56 Å². The molecule has 0 aliphatic heterocycles. The third-order valence-electron chi connectivity index (χ3n) is 1.76. The number of benzene rings is 1. The van der Waals surface area contributed by atoms with Crippen molar-refractivity contribution in [1.29, 1.82) is 0 Å². The number of rotatable bonds is 3. The lowest BCUT2D eigenvalue weighted by Crippen LogP contribution is -2.04. The first-order valence-electron chi connectivity index (χ1n) is 4.45. The fourth-order valence-corrected chi connectivity index (χ4v) is 0.981. The highest BCUT2D eigenvalue weighted by Crippen LogP contribution is 2.30. The Morgan fingerprint density at radius 1 is 1.20 bits per heavy atom. The SMILES string of the molecule is C/C=C\COc1ccc(C(F)(F)F)cc1. The van der Waals surface area contributed by atoms with E-state index < -0.39 is 11.7 Å². The van der Waals surface area contributed by atoms with Crippen molar-refractivity contribution in [2.75, 3.05) is 6.61 Å². The van der Waals surface area contributed by atoms with Gasteiger partial charge >= 0.3 is 6.18 Å². The van der Waals surface area contributed by atoms with Crippen molar-refractivity contribution in [3.05, 3.63) is 42.0 Å². The molecule has 1 aromatic rings. The van der Waals surface area contributed by atoms with Gasteiger partial charge in [-0.05, 0) is 31.2 Å². The molecular weight excluding hydrogens is 205 g/mol. The van der Waals surface area contributed by atoms with Gasteiger partial charge in [0.2, 0.25) is 0 Å². The van der Waals surface area contributed by atoms with Gasteiger partial charge in [-0.25, -0.2) is 0 Å². The van der Waals surface area contributed by atoms with Crippen LogP contribution in [0.5, 0.6) is 5.75 Å². The molecule has 4 heteroatoms. The van der Waals surface area contributed by atoms with E-state index >= 15 is 0 Å². The van der Waals surface area contributed by atoms with Gasteiger partial charge in [-0.15, -0.1) is 0 Å². The lowest BCUT2D eigenvalue weighted by Gasteiger charge is -2.07. The Morgan fingerprint density at radius 3 is 2.27 bits per heavy atom. The van der Waals surface area contributed by atoms with Gasteiger partial charge in [0.1, 0.15) is 12.4 Å². The summed E-state index contributed by atoms with van der Waals surface area (Å²) in [6.45, 7) is 2.21. The van der Waals surface area contributed by atoms with Crippen molar-refractivity contribution >= 4 is 0 Å². The summed E-state index contributed by atoms with van der Waals surface area (Å²) >= 11 is 0. The summed E-state index contributed by atoms with van der Waals surface area (Å²) < 4.78 is 41.7. The van der Waals surface area contributed by atoms with E-state index in [1.165, 1.54) is 12.1 Å². The normalized spacial score (nSPS) is 12.0. The van der Waals surface area contributed by atoms with Crippen molar-refractivity contribution < 1.29 is 17.9 Å². The van der Waals surface area contributed by atoms with Crippen molar-refractivity contribution in [3.8, 4) is 5.75 Å². The van der Waals surface area contributed by atoms with E-state index in [-0.39, 0.29) is 0 Å². The third kappa shape index (κ3) is 3.65. The monoisotopic (exact) mass is 216 g/mol. The topological polar surface area (TPSA) is 9.23 Å². The number of alkyl halides is 3. The maximum absolute atomic E-state index is 12.2. The molecule has 0 saturated heterocycles. The van der Waals surface area contributed by atoms with Crippen molar-refractivity contribution in [2.24, 2.45) is 0 Å². The lowest BCUT2D eigenvalue weighted by atomic mass is 10.2. The summed E-state index contributed by atoms with van der Waals surface area (Å²) in [5.74, 6) is 0.432. The van der Waals surface area contributed by atoms with Crippen LogP contribution in [0.2, 0.25) is 0 Å². The van der Waals surface area contributed by atoms with Crippen LogP contribution >= 0.6 is 0 Å². The predicted molar refractivity (Wildman–Crippen MR) is 51.8 cm³/mol. The Labute approximate surface area is 86.2 Å². The second-order valence-corrected chi connectivity index (χ2v) is 2.90. The fourth-order valence-electron chi connectivity index (χ4n) is 0.981. The van der Waals surface area contributed by atoms with Gasteiger partial charge in [-0.1, -0.05) is 12.2 Å². The third-order valence-corrected chi connectivity index (χ3v) is 1.76. The van der Waals surface area contributed by atoms with E-state index in [9.17, 15) is 13.2 Å². The quantitative estimate of drug-likeness (QED) is 0.700. The Morgan fingerprint density at radius 2 is 1.80 bits per heavy atom. The highest BCUT2D eigenvalue weighted by atomic mass is 19.4. The zero-order valence-electron chi connectivity index (χ0n) is 8.21. The van der Waals surface area contributed by atoms with E-state index in [0.29, 0.717) is 12.4 Å². The maximum atomic E-state index is 12.2. The molecule has 0 aliphatic rings.